The molecule has 0 atom stereocenters. The third kappa shape index (κ3) is 3.46. The molecule has 1 rings (SSSR count). The Morgan fingerprint density at radius 3 is 2.56 bits per heavy atom. The van der Waals surface area contributed by atoms with Gasteiger partial charge in [0.1, 0.15) is 6.54 Å². The lowest BCUT2D eigenvalue weighted by Crippen LogP contribution is -2.40. The number of carboxylic acids is 1. The number of rotatable bonds is 4. The molecule has 0 bridgehead atoms. The number of carbonyl (C=O) groups is 2. The van der Waals surface area contributed by atoms with Crippen molar-refractivity contribution in [3.05, 3.63) is 28.2 Å². The largest absolute Gasteiger partial charge is 0.480 e. The van der Waals surface area contributed by atoms with Crippen LogP contribution < -0.4 is 5.73 Å². The molecule has 5 nitrogen and oxygen atoms in total. The molecule has 0 aromatic heterocycles. The van der Waals surface area contributed by atoms with Crippen molar-refractivity contribution in [1.29, 1.82) is 0 Å². The topological polar surface area (TPSA) is 83.6 Å². The summed E-state index contributed by atoms with van der Waals surface area (Å²) >= 11 is 3.26. The van der Waals surface area contributed by atoms with Crippen molar-refractivity contribution in [3.8, 4) is 0 Å². The monoisotopic (exact) mass is 314 g/mol. The standard InChI is InChI=1S/C12H15BrN2O3/c1-7(2)15(6-11(16)17)12(18)9-5-8(14)3-4-10(9)13/h3-5,7H,6,14H2,1-2H3,(H,16,17). The van der Waals surface area contributed by atoms with Crippen molar-refractivity contribution in [2.24, 2.45) is 0 Å². The van der Waals surface area contributed by atoms with Gasteiger partial charge in [0.05, 0.1) is 5.56 Å². The van der Waals surface area contributed by atoms with Gasteiger partial charge in [-0.05, 0) is 48.0 Å². The Balaban J connectivity index is 3.09. The molecule has 18 heavy (non-hydrogen) atoms. The number of carbonyl (C=O) groups excluding carboxylic acids is 1. The molecule has 0 aliphatic carbocycles. The Bertz CT molecular complexity index is 474. The van der Waals surface area contributed by atoms with Crippen LogP contribution in [-0.2, 0) is 4.79 Å². The molecule has 1 amide bonds. The first-order valence-corrected chi connectivity index (χ1v) is 6.20. The number of amides is 1. The van der Waals surface area contributed by atoms with Gasteiger partial charge in [0.25, 0.3) is 5.91 Å². The SMILES string of the molecule is CC(C)N(CC(=O)O)C(=O)c1cc(N)ccc1Br. The second-order valence-electron chi connectivity index (χ2n) is 4.16. The molecule has 3 N–H and O–H groups in total. The van der Waals surface area contributed by atoms with Crippen molar-refractivity contribution >= 4 is 33.5 Å². The smallest absolute Gasteiger partial charge is 0.323 e. The number of nitrogens with two attached hydrogens (primary N) is 1. The maximum atomic E-state index is 12.3. The molecule has 0 heterocycles. The second kappa shape index (κ2) is 5.86. The van der Waals surface area contributed by atoms with Crippen LogP contribution in [0.25, 0.3) is 0 Å². The normalized spacial score (nSPS) is 10.4. The van der Waals surface area contributed by atoms with Crippen molar-refractivity contribution in [2.45, 2.75) is 19.9 Å². The Morgan fingerprint density at radius 2 is 2.06 bits per heavy atom. The Labute approximate surface area is 114 Å². The summed E-state index contributed by atoms with van der Waals surface area (Å²) in [5.74, 6) is -1.40. The molecule has 0 unspecified atom stereocenters. The van der Waals surface area contributed by atoms with E-state index in [0.717, 1.165) is 0 Å². The number of hydrogen-bond donors (Lipinski definition) is 2. The number of nitrogens with zero attached hydrogens (tertiary/aromatic N) is 1. The van der Waals surface area contributed by atoms with Crippen LogP contribution in [0, 0.1) is 0 Å². The first-order chi connectivity index (χ1) is 8.32. The van der Waals surface area contributed by atoms with Crippen LogP contribution in [-0.4, -0.2) is 34.5 Å². The zero-order valence-electron chi connectivity index (χ0n) is 10.2. The molecular formula is C12H15BrN2O3. The fraction of sp³-hybridized carbons (Fsp3) is 0.333. The summed E-state index contributed by atoms with van der Waals surface area (Å²) in [6.45, 7) is 3.19. The average Bonchev–Trinajstić information content (AvgIpc) is 2.27. The van der Waals surface area contributed by atoms with E-state index in [9.17, 15) is 9.59 Å². The zero-order chi connectivity index (χ0) is 13.9. The molecule has 1 aromatic carbocycles. The Hall–Kier alpha value is -1.56. The molecule has 0 radical (unpaired) electrons. The lowest BCUT2D eigenvalue weighted by Gasteiger charge is -2.25. The lowest BCUT2D eigenvalue weighted by molar-refractivity contribution is -0.138. The Kier molecular flexibility index (Phi) is 4.72. The van der Waals surface area contributed by atoms with Crippen LogP contribution in [0.4, 0.5) is 5.69 Å². The minimum Gasteiger partial charge on any atom is -0.480 e. The van der Waals surface area contributed by atoms with Crippen LogP contribution in [0.15, 0.2) is 22.7 Å². The molecule has 1 aromatic rings. The summed E-state index contributed by atoms with van der Waals surface area (Å²) in [5.41, 5.74) is 6.46. The average molecular weight is 315 g/mol. The van der Waals surface area contributed by atoms with Crippen LogP contribution in [0.1, 0.15) is 24.2 Å². The zero-order valence-corrected chi connectivity index (χ0v) is 11.8. The van der Waals surface area contributed by atoms with Gasteiger partial charge in [0.15, 0.2) is 0 Å². The van der Waals surface area contributed by atoms with Gasteiger partial charge in [-0.1, -0.05) is 0 Å². The van der Waals surface area contributed by atoms with Gasteiger partial charge < -0.3 is 15.7 Å². The number of halogens is 1. The number of anilines is 1. The maximum absolute atomic E-state index is 12.3. The molecule has 0 fully saturated rings. The predicted molar refractivity (Wildman–Crippen MR) is 72.4 cm³/mol. The molecule has 0 aliphatic heterocycles. The summed E-state index contributed by atoms with van der Waals surface area (Å²) in [6, 6.07) is 4.66. The fourth-order valence-electron chi connectivity index (χ4n) is 1.50. The highest BCUT2D eigenvalue weighted by Gasteiger charge is 2.23. The van der Waals surface area contributed by atoms with Crippen molar-refractivity contribution in [1.82, 2.24) is 4.90 Å². The van der Waals surface area contributed by atoms with E-state index in [0.29, 0.717) is 15.7 Å². The summed E-state index contributed by atoms with van der Waals surface area (Å²) in [5, 5.41) is 8.82. The second-order valence-corrected chi connectivity index (χ2v) is 5.01. The van der Waals surface area contributed by atoms with Gasteiger partial charge in [0.2, 0.25) is 0 Å². The first-order valence-electron chi connectivity index (χ1n) is 5.40. The van der Waals surface area contributed by atoms with Crippen LogP contribution >= 0.6 is 15.9 Å². The van der Waals surface area contributed by atoms with Crippen LogP contribution in [0.3, 0.4) is 0 Å². The lowest BCUT2D eigenvalue weighted by atomic mass is 10.1. The highest BCUT2D eigenvalue weighted by molar-refractivity contribution is 9.10. The van der Waals surface area contributed by atoms with Crippen LogP contribution in [0.2, 0.25) is 0 Å². The van der Waals surface area contributed by atoms with Gasteiger partial charge in [-0.3, -0.25) is 9.59 Å². The minimum atomic E-state index is -1.04. The molecule has 0 saturated carbocycles. The van der Waals surface area contributed by atoms with Crippen molar-refractivity contribution < 1.29 is 14.7 Å². The third-order valence-corrected chi connectivity index (χ3v) is 3.10. The number of carboxylic acid groups (broad SMARTS) is 1. The maximum Gasteiger partial charge on any atom is 0.323 e. The van der Waals surface area contributed by atoms with Gasteiger partial charge in [-0.25, -0.2) is 0 Å². The molecule has 0 spiro atoms. The van der Waals surface area contributed by atoms with E-state index in [-0.39, 0.29) is 18.5 Å². The number of nitrogen functional groups attached to an aromatic ring is 1. The van der Waals surface area contributed by atoms with E-state index in [4.69, 9.17) is 10.8 Å². The highest BCUT2D eigenvalue weighted by Crippen LogP contribution is 2.22. The molecule has 98 valence electrons. The van der Waals surface area contributed by atoms with Gasteiger partial charge in [-0.2, -0.15) is 0 Å². The molecular weight excluding hydrogens is 300 g/mol. The van der Waals surface area contributed by atoms with E-state index < -0.39 is 5.97 Å². The van der Waals surface area contributed by atoms with Crippen LogP contribution in [0.5, 0.6) is 0 Å². The van der Waals surface area contributed by atoms with E-state index in [1.165, 1.54) is 11.0 Å². The van der Waals surface area contributed by atoms with E-state index in [1.54, 1.807) is 26.0 Å². The van der Waals surface area contributed by atoms with E-state index in [2.05, 4.69) is 15.9 Å². The fourth-order valence-corrected chi connectivity index (χ4v) is 1.91. The number of benzene rings is 1. The summed E-state index contributed by atoms with van der Waals surface area (Å²) in [6.07, 6.45) is 0. The van der Waals surface area contributed by atoms with E-state index >= 15 is 0 Å². The van der Waals surface area contributed by atoms with Gasteiger partial charge >= 0.3 is 5.97 Å². The third-order valence-electron chi connectivity index (χ3n) is 2.41. The number of aliphatic carboxylic acids is 1. The summed E-state index contributed by atoms with van der Waals surface area (Å²) in [4.78, 5) is 24.3. The highest BCUT2D eigenvalue weighted by atomic mass is 79.9. The van der Waals surface area contributed by atoms with Gasteiger partial charge in [0, 0.05) is 16.2 Å². The van der Waals surface area contributed by atoms with E-state index in [1.807, 2.05) is 0 Å². The molecule has 0 saturated heterocycles. The molecule has 0 aliphatic rings. The Morgan fingerprint density at radius 1 is 1.44 bits per heavy atom. The quantitative estimate of drug-likeness (QED) is 0.832. The minimum absolute atomic E-state index is 0.207. The summed E-state index contributed by atoms with van der Waals surface area (Å²) < 4.78 is 0.595. The first kappa shape index (κ1) is 14.5. The molecule has 6 heteroatoms. The van der Waals surface area contributed by atoms with Crippen molar-refractivity contribution in [3.63, 3.8) is 0 Å². The summed E-state index contributed by atoms with van der Waals surface area (Å²) in [7, 11) is 0. The predicted octanol–water partition coefficient (Wildman–Crippen LogP) is 1.97. The number of hydrogen-bond acceptors (Lipinski definition) is 3. The van der Waals surface area contributed by atoms with Crippen molar-refractivity contribution in [2.75, 3.05) is 12.3 Å². The van der Waals surface area contributed by atoms with Gasteiger partial charge in [-0.15, -0.1) is 0 Å².